The number of benzene rings is 2. The van der Waals surface area contributed by atoms with Crippen LogP contribution in [-0.4, -0.2) is 12.6 Å². The van der Waals surface area contributed by atoms with Crippen LogP contribution in [0, 0.1) is 23.2 Å². The summed E-state index contributed by atoms with van der Waals surface area (Å²) >= 11 is 0. The molecular formula is C32H40N2O4. The molecule has 1 atom stereocenters. The molecule has 0 amide bonds. The summed E-state index contributed by atoms with van der Waals surface area (Å²) in [6.07, 6.45) is 10.9. The summed E-state index contributed by atoms with van der Waals surface area (Å²) in [5.41, 5.74) is 8.24. The van der Waals surface area contributed by atoms with Crippen molar-refractivity contribution in [3.8, 4) is 23.3 Å². The second-order valence-electron chi connectivity index (χ2n) is 10.5. The zero-order chi connectivity index (χ0) is 26.9. The highest BCUT2D eigenvalue weighted by Crippen LogP contribution is 2.44. The predicted molar refractivity (Wildman–Crippen MR) is 148 cm³/mol. The van der Waals surface area contributed by atoms with Crippen LogP contribution >= 0.6 is 0 Å². The zero-order valence-corrected chi connectivity index (χ0v) is 22.7. The van der Waals surface area contributed by atoms with E-state index in [1.807, 2.05) is 30.3 Å². The molecular weight excluding hydrogens is 476 g/mol. The number of unbranched alkanes of at least 4 members (excludes halogenated alkanes) is 3. The summed E-state index contributed by atoms with van der Waals surface area (Å²) in [7, 11) is 0. The number of carbonyl (C=O) groups is 1. The van der Waals surface area contributed by atoms with E-state index in [1.165, 1.54) is 19.3 Å². The van der Waals surface area contributed by atoms with Gasteiger partial charge in [-0.05, 0) is 61.8 Å². The fourth-order valence-electron chi connectivity index (χ4n) is 5.55. The topological polar surface area (TPSA) is 94.6 Å². The van der Waals surface area contributed by atoms with Crippen molar-refractivity contribution in [1.82, 2.24) is 0 Å². The number of carbonyl (C=O) groups excluding carboxylic acids is 1. The molecule has 0 bridgehead atoms. The van der Waals surface area contributed by atoms with Crippen LogP contribution in [0.1, 0.15) is 95.1 Å². The molecule has 0 saturated heterocycles. The lowest BCUT2D eigenvalue weighted by molar-refractivity contribution is -0.140. The predicted octanol–water partition coefficient (Wildman–Crippen LogP) is 7.38. The number of nitriles is 1. The van der Waals surface area contributed by atoms with Gasteiger partial charge in [-0.3, -0.25) is 4.79 Å². The minimum atomic E-state index is -0.397. The van der Waals surface area contributed by atoms with Crippen LogP contribution in [0.3, 0.4) is 0 Å². The number of esters is 1. The van der Waals surface area contributed by atoms with E-state index in [0.717, 1.165) is 67.7 Å². The molecule has 1 aliphatic carbocycles. The van der Waals surface area contributed by atoms with Crippen LogP contribution in [-0.2, 0) is 4.79 Å². The lowest BCUT2D eigenvalue weighted by atomic mass is 9.80. The first-order valence-electron chi connectivity index (χ1n) is 14.2. The number of hydrogen-bond donors (Lipinski definition) is 1. The molecule has 2 aromatic carbocycles. The van der Waals surface area contributed by atoms with Gasteiger partial charge in [-0.2, -0.15) is 5.26 Å². The number of nitrogens with zero attached hydrogens (tertiary/aromatic N) is 1. The van der Waals surface area contributed by atoms with E-state index in [0.29, 0.717) is 23.7 Å². The first-order valence-corrected chi connectivity index (χ1v) is 14.2. The number of ether oxygens (including phenoxy) is 3. The third-order valence-electron chi connectivity index (χ3n) is 7.76. The fourth-order valence-corrected chi connectivity index (χ4v) is 5.55. The summed E-state index contributed by atoms with van der Waals surface area (Å²) < 4.78 is 17.6. The standard InChI is InChI=1S/C32H40N2O4/c1-3-5-7-18-36-25-11-8-10-24(19-25)30-27-17-16-26(20-29(27)38-31(34)28(30)21-33)37-32(35)23-14-12-22(13-15-23)9-6-4-2/h8,10-11,16-17,19-20,22-23,30H,3-7,9,12-15,18,34H2,1-2H3. The Kier molecular flexibility index (Phi) is 9.70. The van der Waals surface area contributed by atoms with Crippen LogP contribution in [0.25, 0.3) is 0 Å². The average Bonchev–Trinajstić information content (AvgIpc) is 2.93. The maximum absolute atomic E-state index is 12.9. The van der Waals surface area contributed by atoms with E-state index >= 15 is 0 Å². The smallest absolute Gasteiger partial charge is 0.314 e. The Bertz CT molecular complexity index is 1170. The molecule has 1 saturated carbocycles. The molecule has 202 valence electrons. The van der Waals surface area contributed by atoms with Crippen LogP contribution in [0.4, 0.5) is 0 Å². The van der Waals surface area contributed by atoms with Crippen LogP contribution < -0.4 is 19.9 Å². The van der Waals surface area contributed by atoms with Gasteiger partial charge in [0.25, 0.3) is 0 Å². The summed E-state index contributed by atoms with van der Waals surface area (Å²) in [4.78, 5) is 12.9. The quantitative estimate of drug-likeness (QED) is 0.190. The lowest BCUT2D eigenvalue weighted by Crippen LogP contribution is -2.26. The second-order valence-corrected chi connectivity index (χ2v) is 10.5. The maximum Gasteiger partial charge on any atom is 0.314 e. The molecule has 1 heterocycles. The Balaban J connectivity index is 1.49. The molecule has 0 radical (unpaired) electrons. The molecule has 2 aromatic rings. The van der Waals surface area contributed by atoms with Crippen molar-refractivity contribution >= 4 is 5.97 Å². The Morgan fingerprint density at radius 2 is 1.82 bits per heavy atom. The summed E-state index contributed by atoms with van der Waals surface area (Å²) in [5, 5.41) is 9.90. The van der Waals surface area contributed by atoms with Crippen molar-refractivity contribution in [3.63, 3.8) is 0 Å². The Morgan fingerprint density at radius 3 is 2.55 bits per heavy atom. The molecule has 1 aliphatic heterocycles. The van der Waals surface area contributed by atoms with Crippen molar-refractivity contribution in [2.45, 2.75) is 84.0 Å². The van der Waals surface area contributed by atoms with E-state index in [4.69, 9.17) is 19.9 Å². The third kappa shape index (κ3) is 6.69. The van der Waals surface area contributed by atoms with E-state index in [9.17, 15) is 10.1 Å². The van der Waals surface area contributed by atoms with Gasteiger partial charge in [0.15, 0.2) is 0 Å². The Morgan fingerprint density at radius 1 is 1.03 bits per heavy atom. The highest BCUT2D eigenvalue weighted by atomic mass is 16.5. The molecule has 6 nitrogen and oxygen atoms in total. The summed E-state index contributed by atoms with van der Waals surface area (Å²) in [6.45, 7) is 5.04. The number of fused-ring (bicyclic) bond motifs is 1. The zero-order valence-electron chi connectivity index (χ0n) is 22.7. The first kappa shape index (κ1) is 27.6. The van der Waals surface area contributed by atoms with E-state index in [2.05, 4.69) is 19.9 Å². The largest absolute Gasteiger partial charge is 0.494 e. The lowest BCUT2D eigenvalue weighted by Gasteiger charge is -2.28. The average molecular weight is 517 g/mol. The highest BCUT2D eigenvalue weighted by Gasteiger charge is 2.32. The van der Waals surface area contributed by atoms with Crippen molar-refractivity contribution in [2.75, 3.05) is 6.61 Å². The molecule has 6 heteroatoms. The van der Waals surface area contributed by atoms with Crippen LogP contribution in [0.5, 0.6) is 17.2 Å². The fraction of sp³-hybridized carbons (Fsp3) is 0.500. The van der Waals surface area contributed by atoms with Crippen molar-refractivity contribution in [3.05, 3.63) is 65.0 Å². The van der Waals surface area contributed by atoms with Crippen molar-refractivity contribution in [1.29, 1.82) is 5.26 Å². The first-order chi connectivity index (χ1) is 18.5. The van der Waals surface area contributed by atoms with Gasteiger partial charge in [0, 0.05) is 11.6 Å². The summed E-state index contributed by atoms with van der Waals surface area (Å²) in [6, 6.07) is 15.4. The molecule has 1 unspecified atom stereocenters. The summed E-state index contributed by atoms with van der Waals surface area (Å²) in [5.74, 6) is 1.85. The SMILES string of the molecule is CCCCCOc1cccc(C2C(C#N)=C(N)Oc3cc(OC(=O)C4CCC(CCCC)CC4)ccc32)c1. The van der Waals surface area contributed by atoms with Gasteiger partial charge < -0.3 is 19.9 Å². The van der Waals surface area contributed by atoms with Gasteiger partial charge in [0.2, 0.25) is 5.88 Å². The minimum Gasteiger partial charge on any atom is -0.494 e. The Labute approximate surface area is 226 Å². The number of rotatable bonds is 11. The van der Waals surface area contributed by atoms with E-state index in [-0.39, 0.29) is 17.8 Å². The monoisotopic (exact) mass is 516 g/mol. The van der Waals surface area contributed by atoms with Gasteiger partial charge in [0.1, 0.15) is 28.9 Å². The molecule has 4 rings (SSSR count). The molecule has 2 aliphatic rings. The van der Waals surface area contributed by atoms with Gasteiger partial charge in [-0.25, -0.2) is 0 Å². The molecule has 38 heavy (non-hydrogen) atoms. The second kappa shape index (κ2) is 13.4. The van der Waals surface area contributed by atoms with Crippen LogP contribution in [0.15, 0.2) is 53.9 Å². The third-order valence-corrected chi connectivity index (χ3v) is 7.76. The number of allylic oxidation sites excluding steroid dienone is 1. The minimum absolute atomic E-state index is 0.0622. The van der Waals surface area contributed by atoms with Gasteiger partial charge in [-0.15, -0.1) is 0 Å². The highest BCUT2D eigenvalue weighted by molar-refractivity contribution is 5.75. The molecule has 1 fully saturated rings. The van der Waals surface area contributed by atoms with E-state index in [1.54, 1.807) is 12.1 Å². The maximum atomic E-state index is 12.9. The molecule has 0 spiro atoms. The van der Waals surface area contributed by atoms with Gasteiger partial charge in [-0.1, -0.05) is 64.2 Å². The van der Waals surface area contributed by atoms with Gasteiger partial charge >= 0.3 is 5.97 Å². The Hall–Kier alpha value is -3.46. The van der Waals surface area contributed by atoms with Crippen LogP contribution in [0.2, 0.25) is 0 Å². The number of nitrogens with two attached hydrogens (primary N) is 1. The molecule has 0 aromatic heterocycles. The number of hydrogen-bond acceptors (Lipinski definition) is 6. The normalized spacial score (nSPS) is 20.7. The van der Waals surface area contributed by atoms with Gasteiger partial charge in [0.05, 0.1) is 18.4 Å². The van der Waals surface area contributed by atoms with Crippen molar-refractivity contribution < 1.29 is 19.0 Å². The molecule has 2 N–H and O–H groups in total. The van der Waals surface area contributed by atoms with Crippen molar-refractivity contribution in [2.24, 2.45) is 17.6 Å². The van der Waals surface area contributed by atoms with E-state index < -0.39 is 5.92 Å².